The van der Waals surface area contributed by atoms with E-state index in [4.69, 9.17) is 0 Å². The van der Waals surface area contributed by atoms with Gasteiger partial charge in [-0.3, -0.25) is 4.68 Å². The van der Waals surface area contributed by atoms with Crippen molar-refractivity contribution in [3.05, 3.63) is 17.5 Å². The highest BCUT2D eigenvalue weighted by molar-refractivity contribution is 5.20. The molecule has 0 spiro atoms. The predicted octanol–water partition coefficient (Wildman–Crippen LogP) is 2.05. The van der Waals surface area contributed by atoms with Crippen molar-refractivity contribution in [2.24, 2.45) is 13.0 Å². The third-order valence-corrected chi connectivity index (χ3v) is 4.22. The summed E-state index contributed by atoms with van der Waals surface area (Å²) in [5.41, 5.74) is 2.99. The Labute approximate surface area is 98.2 Å². The molecule has 1 saturated heterocycles. The summed E-state index contributed by atoms with van der Waals surface area (Å²) in [5.74, 6) is 0.676. The van der Waals surface area contributed by atoms with E-state index >= 15 is 0 Å². The topological polar surface area (TPSA) is 29.9 Å². The molecule has 0 radical (unpaired) electrons. The van der Waals surface area contributed by atoms with Crippen LogP contribution in [-0.2, 0) is 13.5 Å². The zero-order valence-corrected chi connectivity index (χ0v) is 10.9. The second-order valence-electron chi connectivity index (χ2n) is 5.40. The minimum atomic E-state index is 0.299. The van der Waals surface area contributed by atoms with Gasteiger partial charge >= 0.3 is 0 Å². The van der Waals surface area contributed by atoms with E-state index in [0.717, 1.165) is 13.0 Å². The molecule has 2 heterocycles. The van der Waals surface area contributed by atoms with Crippen molar-refractivity contribution < 1.29 is 0 Å². The highest BCUT2D eigenvalue weighted by atomic mass is 15.3. The number of nitrogens with zero attached hydrogens (tertiary/aromatic N) is 2. The number of hydrogen-bond acceptors (Lipinski definition) is 2. The van der Waals surface area contributed by atoms with Gasteiger partial charge in [-0.1, -0.05) is 13.8 Å². The van der Waals surface area contributed by atoms with E-state index in [1.54, 1.807) is 0 Å². The van der Waals surface area contributed by atoms with Crippen molar-refractivity contribution in [1.82, 2.24) is 15.1 Å². The molecule has 1 fully saturated rings. The number of nitrogens with one attached hydrogen (secondary N) is 1. The molecular weight excluding hydrogens is 198 g/mol. The van der Waals surface area contributed by atoms with E-state index in [0.29, 0.717) is 11.5 Å². The van der Waals surface area contributed by atoms with Crippen LogP contribution >= 0.6 is 0 Å². The number of hydrogen-bond donors (Lipinski definition) is 1. The monoisotopic (exact) mass is 221 g/mol. The van der Waals surface area contributed by atoms with Gasteiger partial charge in [0.15, 0.2) is 0 Å². The molecule has 90 valence electrons. The lowest BCUT2D eigenvalue weighted by Crippen LogP contribution is -2.46. The Morgan fingerprint density at radius 3 is 2.75 bits per heavy atom. The van der Waals surface area contributed by atoms with Crippen molar-refractivity contribution >= 4 is 0 Å². The molecule has 1 aliphatic rings. The summed E-state index contributed by atoms with van der Waals surface area (Å²) < 4.78 is 1.97. The number of rotatable bonds is 3. The maximum Gasteiger partial charge on any atom is 0.0525 e. The van der Waals surface area contributed by atoms with Gasteiger partial charge in [-0.25, -0.2) is 0 Å². The highest BCUT2D eigenvalue weighted by Crippen LogP contribution is 2.31. The fourth-order valence-electron chi connectivity index (χ4n) is 2.73. The Morgan fingerprint density at radius 1 is 1.56 bits per heavy atom. The molecule has 2 rings (SSSR count). The van der Waals surface area contributed by atoms with Crippen LogP contribution < -0.4 is 5.32 Å². The molecule has 1 aromatic heterocycles. The third-order valence-electron chi connectivity index (χ3n) is 4.22. The lowest BCUT2D eigenvalue weighted by molar-refractivity contribution is 0.269. The van der Waals surface area contributed by atoms with Crippen LogP contribution in [0, 0.1) is 12.8 Å². The van der Waals surface area contributed by atoms with Gasteiger partial charge in [0.2, 0.25) is 0 Å². The minimum absolute atomic E-state index is 0.299. The van der Waals surface area contributed by atoms with Crippen LogP contribution in [-0.4, -0.2) is 21.9 Å². The summed E-state index contributed by atoms with van der Waals surface area (Å²) in [6, 6.07) is 0. The van der Waals surface area contributed by atoms with Gasteiger partial charge in [0, 0.05) is 18.3 Å². The van der Waals surface area contributed by atoms with Crippen LogP contribution in [0.1, 0.15) is 37.9 Å². The van der Waals surface area contributed by atoms with Crippen molar-refractivity contribution in [1.29, 1.82) is 0 Å². The molecule has 16 heavy (non-hydrogen) atoms. The third kappa shape index (κ3) is 1.88. The van der Waals surface area contributed by atoms with Gasteiger partial charge in [-0.2, -0.15) is 5.10 Å². The Bertz CT molecular complexity index is 359. The molecule has 3 nitrogen and oxygen atoms in total. The number of aromatic nitrogens is 2. The van der Waals surface area contributed by atoms with Crippen molar-refractivity contribution in [2.75, 3.05) is 6.54 Å². The average Bonchev–Trinajstić information content (AvgIpc) is 2.82. The molecule has 0 amide bonds. The molecule has 1 aromatic rings. The molecule has 0 aromatic carbocycles. The molecule has 1 aliphatic heterocycles. The van der Waals surface area contributed by atoms with Crippen LogP contribution in [0.5, 0.6) is 0 Å². The fraction of sp³-hybridized carbons (Fsp3) is 0.769. The lowest BCUT2D eigenvalue weighted by Gasteiger charge is -2.34. The first-order valence-corrected chi connectivity index (χ1v) is 6.28. The van der Waals surface area contributed by atoms with Gasteiger partial charge in [0.1, 0.15) is 0 Å². The quantitative estimate of drug-likeness (QED) is 0.846. The first-order chi connectivity index (χ1) is 7.55. The summed E-state index contributed by atoms with van der Waals surface area (Å²) >= 11 is 0. The normalized spacial score (nSPS) is 25.6. The molecular formula is C13H23N3. The zero-order valence-electron chi connectivity index (χ0n) is 10.9. The molecule has 1 unspecified atom stereocenters. The summed E-state index contributed by atoms with van der Waals surface area (Å²) in [5, 5.41) is 8.06. The van der Waals surface area contributed by atoms with Crippen molar-refractivity contribution in [2.45, 2.75) is 45.6 Å². The standard InChI is InChI=1S/C13H23N3/c1-10(2)13(6-5-7-14-13)8-12-9-15-16(4)11(12)3/h9-10,14H,5-8H2,1-4H3. The first kappa shape index (κ1) is 11.6. The minimum Gasteiger partial charge on any atom is -0.311 e. The van der Waals surface area contributed by atoms with Gasteiger partial charge in [-0.05, 0) is 44.2 Å². The van der Waals surface area contributed by atoms with Gasteiger partial charge in [0.05, 0.1) is 6.20 Å². The predicted molar refractivity (Wildman–Crippen MR) is 66.5 cm³/mol. The van der Waals surface area contributed by atoms with Gasteiger partial charge in [-0.15, -0.1) is 0 Å². The molecule has 0 aliphatic carbocycles. The molecule has 1 N–H and O–H groups in total. The second kappa shape index (κ2) is 4.21. The van der Waals surface area contributed by atoms with Crippen molar-refractivity contribution in [3.63, 3.8) is 0 Å². The van der Waals surface area contributed by atoms with Crippen LogP contribution in [0.3, 0.4) is 0 Å². The molecule has 3 heteroatoms. The smallest absolute Gasteiger partial charge is 0.0525 e. The van der Waals surface area contributed by atoms with E-state index < -0.39 is 0 Å². The van der Waals surface area contributed by atoms with Crippen molar-refractivity contribution in [3.8, 4) is 0 Å². The zero-order chi connectivity index (χ0) is 11.8. The van der Waals surface area contributed by atoms with Gasteiger partial charge < -0.3 is 5.32 Å². The Balaban J connectivity index is 2.21. The summed E-state index contributed by atoms with van der Waals surface area (Å²) in [4.78, 5) is 0. The Morgan fingerprint density at radius 2 is 2.31 bits per heavy atom. The van der Waals surface area contributed by atoms with E-state index in [1.807, 2.05) is 17.9 Å². The van der Waals surface area contributed by atoms with Gasteiger partial charge in [0.25, 0.3) is 0 Å². The fourth-order valence-corrected chi connectivity index (χ4v) is 2.73. The maximum absolute atomic E-state index is 4.34. The molecule has 0 bridgehead atoms. The Hall–Kier alpha value is -0.830. The maximum atomic E-state index is 4.34. The lowest BCUT2D eigenvalue weighted by atomic mass is 9.80. The summed E-state index contributed by atoms with van der Waals surface area (Å²) in [6.07, 6.45) is 5.74. The largest absolute Gasteiger partial charge is 0.311 e. The SMILES string of the molecule is Cc1c(CC2(C(C)C)CCCN2)cnn1C. The summed E-state index contributed by atoms with van der Waals surface area (Å²) in [7, 11) is 2.02. The first-order valence-electron chi connectivity index (χ1n) is 6.28. The highest BCUT2D eigenvalue weighted by Gasteiger charge is 2.37. The molecule has 0 saturated carbocycles. The van der Waals surface area contributed by atoms with E-state index in [2.05, 4.69) is 31.2 Å². The van der Waals surface area contributed by atoms with Crippen LogP contribution in [0.4, 0.5) is 0 Å². The Kier molecular flexibility index (Phi) is 3.06. The molecule has 1 atom stereocenters. The van der Waals surface area contributed by atoms with E-state index in [-0.39, 0.29) is 0 Å². The van der Waals surface area contributed by atoms with E-state index in [9.17, 15) is 0 Å². The average molecular weight is 221 g/mol. The van der Waals surface area contributed by atoms with E-state index in [1.165, 1.54) is 24.1 Å². The van der Waals surface area contributed by atoms with Crippen LogP contribution in [0.2, 0.25) is 0 Å². The summed E-state index contributed by atoms with van der Waals surface area (Å²) in [6.45, 7) is 7.97. The van der Waals surface area contributed by atoms with Crippen LogP contribution in [0.15, 0.2) is 6.20 Å². The second-order valence-corrected chi connectivity index (χ2v) is 5.40. The number of aryl methyl sites for hydroxylation is 1. The van der Waals surface area contributed by atoms with Crippen LogP contribution in [0.25, 0.3) is 0 Å².